The molecule has 0 saturated carbocycles. The van der Waals surface area contributed by atoms with Gasteiger partial charge in [0, 0.05) is 30.7 Å². The van der Waals surface area contributed by atoms with Crippen LogP contribution < -0.4 is 15.5 Å². The zero-order valence-electron chi connectivity index (χ0n) is 20.6. The van der Waals surface area contributed by atoms with Gasteiger partial charge in [0.25, 0.3) is 0 Å². The number of anilines is 3. The SMILES string of the molecule is Cc1nc(NCc2cc(C)n(-c3ccc(C(F)(F)F)cc3)c2C)nc2c1NC(=O)C(C(C)C)N2C. The normalized spacial score (nSPS) is 15.9. The average Bonchev–Trinajstić information content (AvgIpc) is 3.05. The number of benzene rings is 1. The molecule has 10 heteroatoms. The van der Waals surface area contributed by atoms with E-state index in [0.717, 1.165) is 29.1 Å². The quantitative estimate of drug-likeness (QED) is 0.516. The molecule has 3 heterocycles. The number of aromatic nitrogens is 3. The van der Waals surface area contributed by atoms with Crippen LogP contribution in [0, 0.1) is 26.7 Å². The van der Waals surface area contributed by atoms with Crippen LogP contribution in [0.1, 0.15) is 42.1 Å². The number of carbonyl (C=O) groups excluding carboxylic acids is 1. The third kappa shape index (κ3) is 4.56. The number of hydrogen-bond acceptors (Lipinski definition) is 5. The highest BCUT2D eigenvalue weighted by molar-refractivity contribution is 6.03. The van der Waals surface area contributed by atoms with Crippen molar-refractivity contribution in [1.82, 2.24) is 14.5 Å². The van der Waals surface area contributed by atoms with Gasteiger partial charge in [-0.05, 0) is 62.6 Å². The highest BCUT2D eigenvalue weighted by Crippen LogP contribution is 2.34. The van der Waals surface area contributed by atoms with Gasteiger partial charge in [0.2, 0.25) is 11.9 Å². The van der Waals surface area contributed by atoms with Crippen LogP contribution in [0.5, 0.6) is 0 Å². The Morgan fingerprint density at radius 3 is 2.37 bits per heavy atom. The third-order valence-electron chi connectivity index (χ3n) is 6.40. The molecule has 3 aromatic rings. The number of rotatable bonds is 5. The molecule has 1 aromatic carbocycles. The number of nitrogens with zero attached hydrogens (tertiary/aromatic N) is 4. The maximum absolute atomic E-state index is 12.9. The lowest BCUT2D eigenvalue weighted by molar-refractivity contribution is -0.137. The summed E-state index contributed by atoms with van der Waals surface area (Å²) in [5.74, 6) is 1.13. The molecule has 1 unspecified atom stereocenters. The van der Waals surface area contributed by atoms with Gasteiger partial charge >= 0.3 is 6.18 Å². The number of hydrogen-bond donors (Lipinski definition) is 2. The summed E-state index contributed by atoms with van der Waals surface area (Å²) in [7, 11) is 1.86. The fraction of sp³-hybridized carbons (Fsp3) is 0.400. The Balaban J connectivity index is 1.57. The van der Waals surface area contributed by atoms with Crippen molar-refractivity contribution in [3.05, 3.63) is 58.5 Å². The van der Waals surface area contributed by atoms with Crippen LogP contribution in [0.2, 0.25) is 0 Å². The Kier molecular flexibility index (Phi) is 6.25. The molecule has 0 fully saturated rings. The Labute approximate surface area is 202 Å². The molecule has 2 aromatic heterocycles. The van der Waals surface area contributed by atoms with Gasteiger partial charge in [-0.2, -0.15) is 18.2 Å². The van der Waals surface area contributed by atoms with E-state index in [4.69, 9.17) is 0 Å². The van der Waals surface area contributed by atoms with Gasteiger partial charge in [0.15, 0.2) is 5.82 Å². The van der Waals surface area contributed by atoms with Crippen molar-refractivity contribution in [1.29, 1.82) is 0 Å². The first-order chi connectivity index (χ1) is 16.4. The predicted molar refractivity (Wildman–Crippen MR) is 130 cm³/mol. The number of nitrogens with one attached hydrogen (secondary N) is 2. The lowest BCUT2D eigenvalue weighted by atomic mass is 9.99. The molecule has 0 spiro atoms. The molecule has 2 N–H and O–H groups in total. The molecule has 35 heavy (non-hydrogen) atoms. The predicted octanol–water partition coefficient (Wildman–Crippen LogP) is 5.24. The highest BCUT2D eigenvalue weighted by Gasteiger charge is 2.35. The Hall–Kier alpha value is -3.56. The van der Waals surface area contributed by atoms with Gasteiger partial charge in [0.05, 0.1) is 11.3 Å². The van der Waals surface area contributed by atoms with Crippen molar-refractivity contribution in [2.75, 3.05) is 22.6 Å². The summed E-state index contributed by atoms with van der Waals surface area (Å²) in [4.78, 5) is 23.6. The van der Waals surface area contributed by atoms with Crippen LogP contribution in [0.15, 0.2) is 30.3 Å². The molecule has 1 amide bonds. The van der Waals surface area contributed by atoms with Crippen molar-refractivity contribution >= 4 is 23.4 Å². The van der Waals surface area contributed by atoms with Crippen LogP contribution in [0.4, 0.5) is 30.6 Å². The van der Waals surface area contributed by atoms with Gasteiger partial charge in [-0.15, -0.1) is 0 Å². The van der Waals surface area contributed by atoms with Gasteiger partial charge < -0.3 is 20.1 Å². The van der Waals surface area contributed by atoms with Crippen molar-refractivity contribution in [3.63, 3.8) is 0 Å². The second-order valence-corrected chi connectivity index (χ2v) is 9.25. The fourth-order valence-corrected chi connectivity index (χ4v) is 4.67. The van der Waals surface area contributed by atoms with Gasteiger partial charge in [-0.1, -0.05) is 13.8 Å². The van der Waals surface area contributed by atoms with E-state index >= 15 is 0 Å². The second kappa shape index (κ2) is 8.90. The lowest BCUT2D eigenvalue weighted by Gasteiger charge is -2.36. The van der Waals surface area contributed by atoms with E-state index in [-0.39, 0.29) is 17.9 Å². The van der Waals surface area contributed by atoms with Crippen molar-refractivity contribution in [3.8, 4) is 5.69 Å². The minimum atomic E-state index is -4.37. The second-order valence-electron chi connectivity index (χ2n) is 9.25. The van der Waals surface area contributed by atoms with E-state index in [0.29, 0.717) is 35.4 Å². The summed E-state index contributed by atoms with van der Waals surface area (Å²) < 4.78 is 40.7. The average molecular weight is 487 g/mol. The summed E-state index contributed by atoms with van der Waals surface area (Å²) in [6, 6.07) is 6.81. The largest absolute Gasteiger partial charge is 0.416 e. The van der Waals surface area contributed by atoms with Crippen molar-refractivity contribution in [2.24, 2.45) is 5.92 Å². The fourth-order valence-electron chi connectivity index (χ4n) is 4.67. The highest BCUT2D eigenvalue weighted by atomic mass is 19.4. The van der Waals surface area contributed by atoms with Gasteiger partial charge in [-0.3, -0.25) is 4.79 Å². The molecular weight excluding hydrogens is 457 g/mol. The monoisotopic (exact) mass is 486 g/mol. The Morgan fingerprint density at radius 2 is 1.77 bits per heavy atom. The van der Waals surface area contributed by atoms with Crippen molar-refractivity contribution < 1.29 is 18.0 Å². The summed E-state index contributed by atoms with van der Waals surface area (Å²) in [5, 5.41) is 6.20. The van der Waals surface area contributed by atoms with Crippen LogP contribution in [-0.4, -0.2) is 33.5 Å². The summed E-state index contributed by atoms with van der Waals surface area (Å²) >= 11 is 0. The number of amides is 1. The van der Waals surface area contributed by atoms with E-state index < -0.39 is 11.7 Å². The molecule has 186 valence electrons. The molecule has 0 bridgehead atoms. The molecule has 1 aliphatic heterocycles. The zero-order valence-corrected chi connectivity index (χ0v) is 20.6. The molecule has 0 saturated heterocycles. The number of aryl methyl sites for hydroxylation is 2. The van der Waals surface area contributed by atoms with Crippen molar-refractivity contribution in [2.45, 2.75) is 53.4 Å². The smallest absolute Gasteiger partial charge is 0.350 e. The maximum Gasteiger partial charge on any atom is 0.416 e. The molecule has 7 nitrogen and oxygen atoms in total. The van der Waals surface area contributed by atoms with Crippen LogP contribution in [-0.2, 0) is 17.5 Å². The standard InChI is InChI=1S/C25H29F3N6O/c1-13(2)21-23(35)31-20-15(4)30-24(32-22(20)33(21)6)29-12-17-11-14(3)34(16(17)5)19-9-7-18(8-10-19)25(26,27)28/h7-11,13,21H,12H2,1-6H3,(H,31,35)(H,29,30,32). The first kappa shape index (κ1) is 24.6. The third-order valence-corrected chi connectivity index (χ3v) is 6.40. The number of likely N-dealkylation sites (N-methyl/N-ethyl adjacent to an activating group) is 1. The Morgan fingerprint density at radius 1 is 1.11 bits per heavy atom. The number of alkyl halides is 3. The molecule has 1 aliphatic rings. The molecule has 4 rings (SSSR count). The lowest BCUT2D eigenvalue weighted by Crippen LogP contribution is -2.49. The van der Waals surface area contributed by atoms with Gasteiger partial charge in [-0.25, -0.2) is 4.98 Å². The van der Waals surface area contributed by atoms with E-state index in [1.807, 2.05) is 57.2 Å². The van der Waals surface area contributed by atoms with E-state index in [1.54, 1.807) is 0 Å². The topological polar surface area (TPSA) is 75.1 Å². The first-order valence-corrected chi connectivity index (χ1v) is 11.4. The van der Waals surface area contributed by atoms with E-state index in [2.05, 4.69) is 20.6 Å². The summed E-state index contributed by atoms with van der Waals surface area (Å²) in [6.07, 6.45) is -4.37. The molecule has 0 aliphatic carbocycles. The number of carbonyl (C=O) groups is 1. The summed E-state index contributed by atoms with van der Waals surface area (Å²) in [6.45, 7) is 10.1. The van der Waals surface area contributed by atoms with Crippen LogP contribution in [0.3, 0.4) is 0 Å². The first-order valence-electron chi connectivity index (χ1n) is 11.4. The molecule has 1 atom stereocenters. The van der Waals surface area contributed by atoms with Gasteiger partial charge in [0.1, 0.15) is 11.7 Å². The van der Waals surface area contributed by atoms with E-state index in [9.17, 15) is 18.0 Å². The van der Waals surface area contributed by atoms with E-state index in [1.165, 1.54) is 12.1 Å². The molecular formula is C25H29F3N6O. The van der Waals surface area contributed by atoms with Crippen LogP contribution >= 0.6 is 0 Å². The minimum Gasteiger partial charge on any atom is -0.350 e. The minimum absolute atomic E-state index is 0.0712. The maximum atomic E-state index is 12.9. The Bertz CT molecular complexity index is 1260. The van der Waals surface area contributed by atoms with Crippen LogP contribution in [0.25, 0.3) is 5.69 Å². The number of halogens is 3. The summed E-state index contributed by atoms with van der Waals surface area (Å²) in [5.41, 5.74) is 4.06. The molecule has 0 radical (unpaired) electrons. The zero-order chi connectivity index (χ0) is 25.7. The number of fused-ring (bicyclic) bond motifs is 1.